The molecule has 1 nitrogen and oxygen atoms in total. The molecule has 2 aromatic rings. The predicted octanol–water partition coefficient (Wildman–Crippen LogP) is 3.79. The van der Waals surface area contributed by atoms with Crippen LogP contribution in [0.4, 0.5) is 0 Å². The van der Waals surface area contributed by atoms with Gasteiger partial charge in [-0.3, -0.25) is 0 Å². The number of benzene rings is 1. The van der Waals surface area contributed by atoms with E-state index in [-0.39, 0.29) is 0 Å². The molecule has 0 aliphatic heterocycles. The average molecular weight is 239 g/mol. The number of rotatable bonds is 2. The summed E-state index contributed by atoms with van der Waals surface area (Å²) in [7, 11) is 0. The molecule has 0 bridgehead atoms. The third-order valence-electron chi connectivity index (χ3n) is 2.35. The van der Waals surface area contributed by atoms with Gasteiger partial charge in [0.25, 0.3) is 0 Å². The first kappa shape index (κ1) is 10.7. The summed E-state index contributed by atoms with van der Waals surface area (Å²) >= 11 is 7.48. The van der Waals surface area contributed by atoms with Crippen LogP contribution < -0.4 is 0 Å². The van der Waals surface area contributed by atoms with Crippen LogP contribution in [0.1, 0.15) is 22.8 Å². The Morgan fingerprint density at radius 3 is 2.73 bits per heavy atom. The zero-order valence-corrected chi connectivity index (χ0v) is 9.85. The lowest BCUT2D eigenvalue weighted by Gasteiger charge is -2.11. The van der Waals surface area contributed by atoms with E-state index in [1.165, 1.54) is 0 Å². The fourth-order valence-electron chi connectivity index (χ4n) is 1.51. The van der Waals surface area contributed by atoms with Crippen LogP contribution >= 0.6 is 22.9 Å². The van der Waals surface area contributed by atoms with Gasteiger partial charge in [0.15, 0.2) is 0 Å². The molecular weight excluding hydrogens is 228 g/mol. The van der Waals surface area contributed by atoms with Crippen molar-refractivity contribution in [2.45, 2.75) is 13.0 Å². The van der Waals surface area contributed by atoms with E-state index in [0.29, 0.717) is 5.02 Å². The molecule has 0 aliphatic carbocycles. The van der Waals surface area contributed by atoms with Gasteiger partial charge in [0.1, 0.15) is 6.10 Å². The molecule has 3 heteroatoms. The van der Waals surface area contributed by atoms with Crippen molar-refractivity contribution in [1.82, 2.24) is 0 Å². The molecule has 1 aromatic carbocycles. The van der Waals surface area contributed by atoms with E-state index >= 15 is 0 Å². The second-order valence-corrected chi connectivity index (χ2v) is 4.65. The Hall–Kier alpha value is -0.830. The van der Waals surface area contributed by atoms with Crippen molar-refractivity contribution in [3.8, 4) is 0 Å². The predicted molar refractivity (Wildman–Crippen MR) is 64.6 cm³/mol. The highest BCUT2D eigenvalue weighted by atomic mass is 35.5. The molecule has 0 saturated heterocycles. The molecule has 0 fully saturated rings. The van der Waals surface area contributed by atoms with E-state index in [4.69, 9.17) is 11.6 Å². The topological polar surface area (TPSA) is 20.2 Å². The zero-order chi connectivity index (χ0) is 10.8. The fourth-order valence-corrected chi connectivity index (χ4v) is 2.58. The van der Waals surface area contributed by atoms with Crippen LogP contribution in [0.2, 0.25) is 5.02 Å². The number of aliphatic hydroxyl groups excluding tert-OH is 1. The normalized spacial score (nSPS) is 12.7. The molecule has 2 rings (SSSR count). The van der Waals surface area contributed by atoms with E-state index in [0.717, 1.165) is 16.7 Å². The van der Waals surface area contributed by atoms with E-state index in [9.17, 15) is 5.11 Å². The van der Waals surface area contributed by atoms with Gasteiger partial charge in [0.05, 0.1) is 0 Å². The van der Waals surface area contributed by atoms with Gasteiger partial charge in [-0.1, -0.05) is 23.7 Å². The maximum atomic E-state index is 10.1. The molecule has 78 valence electrons. The van der Waals surface area contributed by atoms with Gasteiger partial charge in [-0.2, -0.15) is 11.3 Å². The van der Waals surface area contributed by atoms with Crippen molar-refractivity contribution < 1.29 is 5.11 Å². The number of hydrogen-bond acceptors (Lipinski definition) is 2. The van der Waals surface area contributed by atoms with Crippen molar-refractivity contribution in [2.24, 2.45) is 0 Å². The number of aliphatic hydroxyl groups is 1. The van der Waals surface area contributed by atoms with Crippen LogP contribution in [0.5, 0.6) is 0 Å². The SMILES string of the molecule is Cc1cscc1C(O)c1cccc(Cl)c1. The number of halogens is 1. The third-order valence-corrected chi connectivity index (χ3v) is 3.47. The maximum Gasteiger partial charge on any atom is 0.105 e. The number of hydrogen-bond donors (Lipinski definition) is 1. The lowest BCUT2D eigenvalue weighted by Crippen LogP contribution is -1.99. The molecule has 1 unspecified atom stereocenters. The van der Waals surface area contributed by atoms with Gasteiger partial charge < -0.3 is 5.11 Å². The monoisotopic (exact) mass is 238 g/mol. The molecule has 1 atom stereocenters. The Bertz CT molecular complexity index is 464. The van der Waals surface area contributed by atoms with E-state index in [1.54, 1.807) is 23.5 Å². The first-order chi connectivity index (χ1) is 7.18. The molecular formula is C12H11ClOS. The van der Waals surface area contributed by atoms with E-state index in [2.05, 4.69) is 0 Å². The van der Waals surface area contributed by atoms with Gasteiger partial charge in [-0.25, -0.2) is 0 Å². The van der Waals surface area contributed by atoms with E-state index < -0.39 is 6.10 Å². The summed E-state index contributed by atoms with van der Waals surface area (Å²) in [5, 5.41) is 14.8. The Morgan fingerprint density at radius 2 is 2.13 bits per heavy atom. The summed E-state index contributed by atoms with van der Waals surface area (Å²) < 4.78 is 0. The second kappa shape index (κ2) is 4.35. The van der Waals surface area contributed by atoms with Gasteiger partial charge >= 0.3 is 0 Å². The largest absolute Gasteiger partial charge is 0.384 e. The standard InChI is InChI=1S/C12H11ClOS/c1-8-6-15-7-11(8)12(14)9-3-2-4-10(13)5-9/h2-7,12,14H,1H3. The smallest absolute Gasteiger partial charge is 0.105 e. The van der Waals surface area contributed by atoms with Gasteiger partial charge in [0, 0.05) is 5.02 Å². The first-order valence-corrected chi connectivity index (χ1v) is 5.97. The molecule has 0 aliphatic rings. The van der Waals surface area contributed by atoms with E-state index in [1.807, 2.05) is 29.8 Å². The fraction of sp³-hybridized carbons (Fsp3) is 0.167. The van der Waals surface area contributed by atoms with Crippen LogP contribution in [-0.4, -0.2) is 5.11 Å². The number of thiophene rings is 1. The minimum atomic E-state index is -0.574. The highest BCUT2D eigenvalue weighted by molar-refractivity contribution is 7.08. The first-order valence-electron chi connectivity index (χ1n) is 4.64. The van der Waals surface area contributed by atoms with Gasteiger partial charge in [-0.05, 0) is 46.5 Å². The Balaban J connectivity index is 2.36. The summed E-state index contributed by atoms with van der Waals surface area (Å²) in [5.41, 5.74) is 2.92. The van der Waals surface area contributed by atoms with Gasteiger partial charge in [-0.15, -0.1) is 0 Å². The number of aryl methyl sites for hydroxylation is 1. The quantitative estimate of drug-likeness (QED) is 0.844. The minimum Gasteiger partial charge on any atom is -0.384 e. The molecule has 0 amide bonds. The van der Waals surface area contributed by atoms with Crippen LogP contribution in [0.3, 0.4) is 0 Å². The summed E-state index contributed by atoms with van der Waals surface area (Å²) in [5.74, 6) is 0. The van der Waals surface area contributed by atoms with Crippen LogP contribution in [-0.2, 0) is 0 Å². The summed E-state index contributed by atoms with van der Waals surface area (Å²) in [6, 6.07) is 7.33. The molecule has 15 heavy (non-hydrogen) atoms. The lowest BCUT2D eigenvalue weighted by atomic mass is 10.0. The molecule has 1 aromatic heterocycles. The third kappa shape index (κ3) is 2.23. The second-order valence-electron chi connectivity index (χ2n) is 3.47. The van der Waals surface area contributed by atoms with Crippen LogP contribution in [0.25, 0.3) is 0 Å². The Morgan fingerprint density at radius 1 is 1.33 bits per heavy atom. The minimum absolute atomic E-state index is 0.574. The lowest BCUT2D eigenvalue weighted by molar-refractivity contribution is 0.220. The van der Waals surface area contributed by atoms with Gasteiger partial charge in [0.2, 0.25) is 0 Å². The Labute approximate surface area is 98.0 Å². The van der Waals surface area contributed by atoms with Crippen LogP contribution in [0.15, 0.2) is 35.0 Å². The summed E-state index contributed by atoms with van der Waals surface area (Å²) in [6.45, 7) is 2.00. The molecule has 0 saturated carbocycles. The summed E-state index contributed by atoms with van der Waals surface area (Å²) in [4.78, 5) is 0. The average Bonchev–Trinajstić information content (AvgIpc) is 2.63. The molecule has 0 radical (unpaired) electrons. The van der Waals surface area contributed by atoms with Crippen molar-refractivity contribution in [1.29, 1.82) is 0 Å². The maximum absolute atomic E-state index is 10.1. The highest BCUT2D eigenvalue weighted by Crippen LogP contribution is 2.28. The Kier molecular flexibility index (Phi) is 3.10. The van der Waals surface area contributed by atoms with Crippen molar-refractivity contribution in [3.63, 3.8) is 0 Å². The van der Waals surface area contributed by atoms with Crippen molar-refractivity contribution in [2.75, 3.05) is 0 Å². The molecule has 1 heterocycles. The zero-order valence-electron chi connectivity index (χ0n) is 8.27. The molecule has 1 N–H and O–H groups in total. The van der Waals surface area contributed by atoms with Crippen molar-refractivity contribution in [3.05, 3.63) is 56.7 Å². The van der Waals surface area contributed by atoms with Crippen molar-refractivity contribution >= 4 is 22.9 Å². The summed E-state index contributed by atoms with van der Waals surface area (Å²) in [6.07, 6.45) is -0.574. The highest BCUT2D eigenvalue weighted by Gasteiger charge is 2.13. The van der Waals surface area contributed by atoms with Crippen LogP contribution in [0, 0.1) is 6.92 Å². The molecule has 0 spiro atoms.